The SMILES string of the molecule is CSC1CNCC1N1CCCCCC1. The van der Waals surface area contributed by atoms with Gasteiger partial charge in [0.25, 0.3) is 0 Å². The summed E-state index contributed by atoms with van der Waals surface area (Å²) >= 11 is 2.04. The molecule has 0 spiro atoms. The summed E-state index contributed by atoms with van der Waals surface area (Å²) in [6.45, 7) is 5.10. The lowest BCUT2D eigenvalue weighted by atomic mass is 10.2. The molecule has 82 valence electrons. The van der Waals surface area contributed by atoms with Crippen molar-refractivity contribution in [3.05, 3.63) is 0 Å². The molecule has 0 aromatic heterocycles. The standard InChI is InChI=1S/C11H22N2S/c1-14-11-9-12-8-10(11)13-6-4-2-3-5-7-13/h10-12H,2-9H2,1H3. The predicted octanol–water partition coefficient (Wildman–Crippen LogP) is 1.57. The highest BCUT2D eigenvalue weighted by molar-refractivity contribution is 7.99. The normalized spacial score (nSPS) is 35.8. The van der Waals surface area contributed by atoms with E-state index in [2.05, 4.69) is 16.5 Å². The quantitative estimate of drug-likeness (QED) is 0.751. The van der Waals surface area contributed by atoms with Gasteiger partial charge in [0, 0.05) is 24.4 Å². The number of thioether (sulfide) groups is 1. The Morgan fingerprint density at radius 1 is 1.07 bits per heavy atom. The maximum absolute atomic E-state index is 3.53. The average Bonchev–Trinajstić information content (AvgIpc) is 2.52. The Morgan fingerprint density at radius 3 is 2.43 bits per heavy atom. The number of hydrogen-bond donors (Lipinski definition) is 1. The third-order valence-corrected chi connectivity index (χ3v) is 4.63. The molecule has 0 saturated carbocycles. The molecule has 2 nitrogen and oxygen atoms in total. The van der Waals surface area contributed by atoms with E-state index in [0.29, 0.717) is 0 Å². The van der Waals surface area contributed by atoms with E-state index in [4.69, 9.17) is 0 Å². The molecule has 2 rings (SSSR count). The van der Waals surface area contributed by atoms with Gasteiger partial charge in [0.15, 0.2) is 0 Å². The van der Waals surface area contributed by atoms with E-state index in [1.165, 1.54) is 51.9 Å². The van der Waals surface area contributed by atoms with E-state index in [-0.39, 0.29) is 0 Å². The van der Waals surface area contributed by atoms with E-state index in [1.807, 2.05) is 11.8 Å². The van der Waals surface area contributed by atoms with Crippen molar-refractivity contribution in [3.8, 4) is 0 Å². The predicted molar refractivity (Wildman–Crippen MR) is 64.0 cm³/mol. The zero-order chi connectivity index (χ0) is 9.80. The summed E-state index contributed by atoms with van der Waals surface area (Å²) in [6, 6.07) is 0.808. The van der Waals surface area contributed by atoms with Gasteiger partial charge in [-0.25, -0.2) is 0 Å². The Balaban J connectivity index is 1.91. The van der Waals surface area contributed by atoms with Crippen LogP contribution < -0.4 is 5.32 Å². The first kappa shape index (κ1) is 10.8. The fourth-order valence-corrected chi connectivity index (χ4v) is 3.54. The lowest BCUT2D eigenvalue weighted by molar-refractivity contribution is 0.220. The fraction of sp³-hybridized carbons (Fsp3) is 1.00. The average molecular weight is 214 g/mol. The fourth-order valence-electron chi connectivity index (χ4n) is 2.67. The first-order chi connectivity index (χ1) is 6.92. The number of hydrogen-bond acceptors (Lipinski definition) is 3. The Bertz CT molecular complexity index is 167. The summed E-state index contributed by atoms with van der Waals surface area (Å²) in [5.41, 5.74) is 0. The van der Waals surface area contributed by atoms with Crippen LogP contribution in [0.3, 0.4) is 0 Å². The van der Waals surface area contributed by atoms with Crippen LogP contribution in [-0.4, -0.2) is 48.6 Å². The minimum Gasteiger partial charge on any atom is -0.314 e. The molecule has 3 heteroatoms. The summed E-state index contributed by atoms with van der Waals surface area (Å²) in [5.74, 6) is 0. The van der Waals surface area contributed by atoms with Gasteiger partial charge in [0.1, 0.15) is 0 Å². The topological polar surface area (TPSA) is 15.3 Å². The molecule has 2 aliphatic heterocycles. The van der Waals surface area contributed by atoms with E-state index in [9.17, 15) is 0 Å². The van der Waals surface area contributed by atoms with Crippen molar-refractivity contribution in [2.24, 2.45) is 0 Å². The van der Waals surface area contributed by atoms with Crippen molar-refractivity contribution >= 4 is 11.8 Å². The Kier molecular flexibility index (Phi) is 4.14. The van der Waals surface area contributed by atoms with Crippen LogP contribution in [0.2, 0.25) is 0 Å². The van der Waals surface area contributed by atoms with E-state index < -0.39 is 0 Å². The summed E-state index contributed by atoms with van der Waals surface area (Å²) in [4.78, 5) is 2.73. The second-order valence-corrected chi connectivity index (χ2v) is 5.53. The van der Waals surface area contributed by atoms with Crippen LogP contribution in [-0.2, 0) is 0 Å². The molecule has 2 fully saturated rings. The van der Waals surface area contributed by atoms with Crippen LogP contribution in [0.1, 0.15) is 25.7 Å². The summed E-state index contributed by atoms with van der Waals surface area (Å²) in [5, 5.41) is 4.36. The minimum atomic E-state index is 0.808. The molecule has 2 saturated heterocycles. The van der Waals surface area contributed by atoms with E-state index in [1.54, 1.807) is 0 Å². The molecule has 2 unspecified atom stereocenters. The van der Waals surface area contributed by atoms with Gasteiger partial charge >= 0.3 is 0 Å². The Morgan fingerprint density at radius 2 is 1.79 bits per heavy atom. The van der Waals surface area contributed by atoms with E-state index in [0.717, 1.165) is 11.3 Å². The zero-order valence-corrected chi connectivity index (χ0v) is 9.98. The molecule has 0 aromatic rings. The summed E-state index contributed by atoms with van der Waals surface area (Å²) < 4.78 is 0. The van der Waals surface area contributed by atoms with Gasteiger partial charge < -0.3 is 5.32 Å². The van der Waals surface area contributed by atoms with Crippen LogP contribution in [0.25, 0.3) is 0 Å². The van der Waals surface area contributed by atoms with Crippen LogP contribution in [0, 0.1) is 0 Å². The number of nitrogens with one attached hydrogen (secondary N) is 1. The van der Waals surface area contributed by atoms with Crippen LogP contribution in [0.4, 0.5) is 0 Å². The third-order valence-electron chi connectivity index (χ3n) is 3.54. The van der Waals surface area contributed by atoms with Gasteiger partial charge in [-0.05, 0) is 32.2 Å². The molecule has 0 amide bonds. The molecule has 2 heterocycles. The molecule has 0 radical (unpaired) electrons. The highest BCUT2D eigenvalue weighted by Crippen LogP contribution is 2.22. The smallest absolute Gasteiger partial charge is 0.0351 e. The van der Waals surface area contributed by atoms with Gasteiger partial charge in [0.05, 0.1) is 0 Å². The molecule has 0 bridgehead atoms. The molecular weight excluding hydrogens is 192 g/mol. The Hall–Kier alpha value is 0.270. The van der Waals surface area contributed by atoms with Crippen molar-refractivity contribution in [3.63, 3.8) is 0 Å². The summed E-state index contributed by atoms with van der Waals surface area (Å²) in [6.07, 6.45) is 7.97. The molecule has 0 aliphatic carbocycles. The van der Waals surface area contributed by atoms with Crippen LogP contribution in [0.5, 0.6) is 0 Å². The van der Waals surface area contributed by atoms with Crippen molar-refractivity contribution in [1.82, 2.24) is 10.2 Å². The van der Waals surface area contributed by atoms with Gasteiger partial charge in [0.2, 0.25) is 0 Å². The van der Waals surface area contributed by atoms with Crippen molar-refractivity contribution in [2.75, 3.05) is 32.4 Å². The Labute approximate surface area is 91.8 Å². The first-order valence-electron chi connectivity index (χ1n) is 5.89. The second kappa shape index (κ2) is 5.38. The monoisotopic (exact) mass is 214 g/mol. The summed E-state index contributed by atoms with van der Waals surface area (Å²) in [7, 11) is 0. The zero-order valence-electron chi connectivity index (χ0n) is 9.17. The maximum Gasteiger partial charge on any atom is 0.0351 e. The third kappa shape index (κ3) is 2.44. The molecular formula is C11H22N2S. The van der Waals surface area contributed by atoms with Gasteiger partial charge in [-0.1, -0.05) is 12.8 Å². The molecule has 14 heavy (non-hydrogen) atoms. The lowest BCUT2D eigenvalue weighted by Crippen LogP contribution is -2.42. The van der Waals surface area contributed by atoms with Gasteiger partial charge in [-0.2, -0.15) is 11.8 Å². The largest absolute Gasteiger partial charge is 0.314 e. The van der Waals surface area contributed by atoms with E-state index >= 15 is 0 Å². The number of nitrogens with zero attached hydrogens (tertiary/aromatic N) is 1. The van der Waals surface area contributed by atoms with Crippen molar-refractivity contribution in [2.45, 2.75) is 37.0 Å². The second-order valence-electron chi connectivity index (χ2n) is 4.45. The number of likely N-dealkylation sites (tertiary alicyclic amines) is 1. The molecule has 0 aromatic carbocycles. The molecule has 2 atom stereocenters. The molecule has 2 aliphatic rings. The minimum absolute atomic E-state index is 0.808. The first-order valence-corrected chi connectivity index (χ1v) is 7.18. The van der Waals surface area contributed by atoms with Crippen LogP contribution in [0.15, 0.2) is 0 Å². The highest BCUT2D eigenvalue weighted by atomic mass is 32.2. The maximum atomic E-state index is 3.53. The number of rotatable bonds is 2. The lowest BCUT2D eigenvalue weighted by Gasteiger charge is -2.30. The van der Waals surface area contributed by atoms with Crippen molar-refractivity contribution in [1.29, 1.82) is 0 Å². The molecule has 1 N–H and O–H groups in total. The van der Waals surface area contributed by atoms with Crippen LogP contribution >= 0.6 is 11.8 Å². The van der Waals surface area contributed by atoms with Gasteiger partial charge in [-0.3, -0.25) is 4.90 Å². The van der Waals surface area contributed by atoms with Crippen molar-refractivity contribution < 1.29 is 0 Å². The van der Waals surface area contributed by atoms with Gasteiger partial charge in [-0.15, -0.1) is 0 Å². The highest BCUT2D eigenvalue weighted by Gasteiger charge is 2.31.